The highest BCUT2D eigenvalue weighted by molar-refractivity contribution is 5.51. The van der Waals surface area contributed by atoms with E-state index < -0.39 is 4.92 Å². The molecule has 2 rings (SSSR count). The van der Waals surface area contributed by atoms with E-state index in [1.165, 1.54) is 31.5 Å². The summed E-state index contributed by atoms with van der Waals surface area (Å²) in [5.41, 5.74) is 6.76. The van der Waals surface area contributed by atoms with Crippen LogP contribution in [0.25, 0.3) is 0 Å². The topological polar surface area (TPSA) is 101 Å². The molecule has 0 amide bonds. The summed E-state index contributed by atoms with van der Waals surface area (Å²) in [4.78, 5) is 14.3. The monoisotopic (exact) mass is 275 g/mol. The lowest BCUT2D eigenvalue weighted by molar-refractivity contribution is -0.384. The highest BCUT2D eigenvalue weighted by atomic mass is 16.6. The molecule has 1 aromatic carbocycles. The van der Waals surface area contributed by atoms with Crippen molar-refractivity contribution in [2.45, 2.75) is 6.92 Å². The van der Waals surface area contributed by atoms with E-state index in [1.54, 1.807) is 13.0 Å². The van der Waals surface area contributed by atoms with Gasteiger partial charge in [-0.1, -0.05) is 0 Å². The summed E-state index contributed by atoms with van der Waals surface area (Å²) >= 11 is 0. The van der Waals surface area contributed by atoms with Crippen molar-refractivity contribution in [3.63, 3.8) is 0 Å². The molecular formula is C13H13N3O4. The predicted octanol–water partition coefficient (Wildman–Crippen LogP) is 2.68. The van der Waals surface area contributed by atoms with Crippen molar-refractivity contribution in [1.82, 2.24) is 4.98 Å². The van der Waals surface area contributed by atoms with Gasteiger partial charge in [0.1, 0.15) is 0 Å². The molecule has 20 heavy (non-hydrogen) atoms. The largest absolute Gasteiger partial charge is 0.493 e. The van der Waals surface area contributed by atoms with Crippen LogP contribution in [0.15, 0.2) is 30.5 Å². The SMILES string of the molecule is COc1ccc([N+](=O)[O-])cc1Oc1ncc(N)cc1C. The predicted molar refractivity (Wildman–Crippen MR) is 73.1 cm³/mol. The molecule has 0 fully saturated rings. The van der Waals surface area contributed by atoms with Crippen LogP contribution in [-0.2, 0) is 0 Å². The Kier molecular flexibility index (Phi) is 3.69. The lowest BCUT2D eigenvalue weighted by Crippen LogP contribution is -1.97. The zero-order chi connectivity index (χ0) is 14.7. The third-order valence-electron chi connectivity index (χ3n) is 2.62. The number of nitrogens with two attached hydrogens (primary N) is 1. The zero-order valence-corrected chi connectivity index (χ0v) is 11.0. The summed E-state index contributed by atoms with van der Waals surface area (Å²) < 4.78 is 10.7. The van der Waals surface area contributed by atoms with Crippen molar-refractivity contribution in [1.29, 1.82) is 0 Å². The van der Waals surface area contributed by atoms with E-state index in [2.05, 4.69) is 4.98 Å². The molecule has 0 radical (unpaired) electrons. The molecule has 0 bridgehead atoms. The standard InChI is InChI=1S/C13H13N3O4/c1-8-5-9(14)7-15-13(8)20-12-6-10(16(17)18)3-4-11(12)19-2/h3-7H,14H2,1-2H3. The Morgan fingerprint density at radius 3 is 2.65 bits per heavy atom. The second-order valence-corrected chi connectivity index (χ2v) is 4.09. The maximum atomic E-state index is 10.8. The van der Waals surface area contributed by atoms with Gasteiger partial charge in [0, 0.05) is 11.6 Å². The molecule has 2 aromatic rings. The number of nitro groups is 1. The molecule has 0 atom stereocenters. The van der Waals surface area contributed by atoms with Crippen molar-refractivity contribution < 1.29 is 14.4 Å². The molecule has 1 heterocycles. The first-order valence-corrected chi connectivity index (χ1v) is 5.73. The van der Waals surface area contributed by atoms with Gasteiger partial charge >= 0.3 is 0 Å². The van der Waals surface area contributed by atoms with Gasteiger partial charge in [0.25, 0.3) is 5.69 Å². The highest BCUT2D eigenvalue weighted by Crippen LogP contribution is 2.35. The van der Waals surface area contributed by atoms with Crippen LogP contribution in [-0.4, -0.2) is 17.0 Å². The minimum atomic E-state index is -0.504. The second-order valence-electron chi connectivity index (χ2n) is 4.09. The molecule has 0 unspecified atom stereocenters. The molecule has 0 saturated carbocycles. The fourth-order valence-corrected chi connectivity index (χ4v) is 1.65. The number of aromatic nitrogens is 1. The molecular weight excluding hydrogens is 262 g/mol. The maximum absolute atomic E-state index is 10.8. The van der Waals surface area contributed by atoms with Gasteiger partial charge < -0.3 is 15.2 Å². The molecule has 104 valence electrons. The smallest absolute Gasteiger partial charge is 0.273 e. The Labute approximate surface area is 115 Å². The van der Waals surface area contributed by atoms with Crippen LogP contribution in [0.2, 0.25) is 0 Å². The van der Waals surface area contributed by atoms with Gasteiger partial charge in [0.2, 0.25) is 5.88 Å². The lowest BCUT2D eigenvalue weighted by atomic mass is 10.2. The van der Waals surface area contributed by atoms with Crippen LogP contribution in [0.5, 0.6) is 17.4 Å². The molecule has 1 aromatic heterocycles. The Hall–Kier alpha value is -2.83. The number of anilines is 1. The number of methoxy groups -OCH3 is 1. The van der Waals surface area contributed by atoms with E-state index in [-0.39, 0.29) is 11.4 Å². The molecule has 0 aliphatic heterocycles. The van der Waals surface area contributed by atoms with Crippen LogP contribution in [0.4, 0.5) is 11.4 Å². The van der Waals surface area contributed by atoms with E-state index in [4.69, 9.17) is 15.2 Å². The van der Waals surface area contributed by atoms with Crippen molar-refractivity contribution in [3.8, 4) is 17.4 Å². The van der Waals surface area contributed by atoms with Crippen LogP contribution in [0.1, 0.15) is 5.56 Å². The fraction of sp³-hybridized carbons (Fsp3) is 0.154. The Morgan fingerprint density at radius 2 is 2.05 bits per heavy atom. The number of hydrogen-bond donors (Lipinski definition) is 1. The normalized spacial score (nSPS) is 10.1. The number of benzene rings is 1. The Bertz CT molecular complexity index is 658. The van der Waals surface area contributed by atoms with Gasteiger partial charge in [0.05, 0.1) is 30.0 Å². The van der Waals surface area contributed by atoms with Gasteiger partial charge in [0.15, 0.2) is 11.5 Å². The van der Waals surface area contributed by atoms with E-state index in [1.807, 2.05) is 0 Å². The number of non-ortho nitro benzene ring substituents is 1. The molecule has 0 saturated heterocycles. The highest BCUT2D eigenvalue weighted by Gasteiger charge is 2.14. The molecule has 0 aliphatic rings. The first kappa shape index (κ1) is 13.6. The third kappa shape index (κ3) is 2.77. The van der Waals surface area contributed by atoms with Crippen molar-refractivity contribution in [2.24, 2.45) is 0 Å². The number of ether oxygens (including phenoxy) is 2. The average molecular weight is 275 g/mol. The first-order valence-electron chi connectivity index (χ1n) is 5.73. The molecule has 0 aliphatic carbocycles. The van der Waals surface area contributed by atoms with Gasteiger partial charge in [-0.25, -0.2) is 4.98 Å². The minimum Gasteiger partial charge on any atom is -0.493 e. The van der Waals surface area contributed by atoms with Crippen LogP contribution in [0, 0.1) is 17.0 Å². The summed E-state index contributed by atoms with van der Waals surface area (Å²) in [7, 11) is 1.46. The number of nitro benzene ring substituents is 1. The van der Waals surface area contributed by atoms with E-state index in [0.717, 1.165) is 5.56 Å². The number of aryl methyl sites for hydroxylation is 1. The third-order valence-corrected chi connectivity index (χ3v) is 2.62. The number of nitrogens with zero attached hydrogens (tertiary/aromatic N) is 2. The van der Waals surface area contributed by atoms with E-state index in [0.29, 0.717) is 17.3 Å². The summed E-state index contributed by atoms with van der Waals surface area (Å²) in [5.74, 6) is 0.925. The van der Waals surface area contributed by atoms with Crippen molar-refractivity contribution in [2.75, 3.05) is 12.8 Å². The lowest BCUT2D eigenvalue weighted by Gasteiger charge is -2.11. The summed E-state index contributed by atoms with van der Waals surface area (Å²) in [5, 5.41) is 10.8. The van der Waals surface area contributed by atoms with Gasteiger partial charge in [-0.2, -0.15) is 0 Å². The zero-order valence-electron chi connectivity index (χ0n) is 11.0. The number of pyridine rings is 1. The number of hydrogen-bond acceptors (Lipinski definition) is 6. The number of nitrogen functional groups attached to an aromatic ring is 1. The van der Waals surface area contributed by atoms with E-state index in [9.17, 15) is 10.1 Å². The van der Waals surface area contributed by atoms with Crippen molar-refractivity contribution >= 4 is 11.4 Å². The maximum Gasteiger partial charge on any atom is 0.273 e. The van der Waals surface area contributed by atoms with Crippen molar-refractivity contribution in [3.05, 3.63) is 46.1 Å². The Morgan fingerprint density at radius 1 is 1.30 bits per heavy atom. The van der Waals surface area contributed by atoms with Gasteiger partial charge in [-0.05, 0) is 19.1 Å². The van der Waals surface area contributed by atoms with E-state index >= 15 is 0 Å². The molecule has 0 spiro atoms. The Balaban J connectivity index is 2.40. The quantitative estimate of drug-likeness (QED) is 0.680. The average Bonchev–Trinajstić information content (AvgIpc) is 2.41. The fourth-order valence-electron chi connectivity index (χ4n) is 1.65. The summed E-state index contributed by atoms with van der Waals surface area (Å²) in [6, 6.07) is 5.80. The van der Waals surface area contributed by atoms with Gasteiger partial charge in [-0.15, -0.1) is 0 Å². The molecule has 7 nitrogen and oxygen atoms in total. The van der Waals surface area contributed by atoms with Crippen LogP contribution >= 0.6 is 0 Å². The van der Waals surface area contributed by atoms with Crippen LogP contribution in [0.3, 0.4) is 0 Å². The molecule has 7 heteroatoms. The molecule has 2 N–H and O–H groups in total. The second kappa shape index (κ2) is 5.43. The van der Waals surface area contributed by atoms with Crippen LogP contribution < -0.4 is 15.2 Å². The van der Waals surface area contributed by atoms with Gasteiger partial charge in [-0.3, -0.25) is 10.1 Å². The summed E-state index contributed by atoms with van der Waals surface area (Å²) in [6.07, 6.45) is 1.45. The summed E-state index contributed by atoms with van der Waals surface area (Å²) in [6.45, 7) is 1.78. The number of rotatable bonds is 4. The first-order chi connectivity index (χ1) is 9.51. The minimum absolute atomic E-state index is 0.0890.